The SMILES string of the molecule is Cc1ccc(C)c(OCCN2CCN(C3CCNC3)CC2)c1.Cl. The van der Waals surface area contributed by atoms with Crippen LogP contribution in [-0.4, -0.2) is 68.3 Å². The van der Waals surface area contributed by atoms with Gasteiger partial charge in [-0.1, -0.05) is 12.1 Å². The van der Waals surface area contributed by atoms with E-state index in [0.29, 0.717) is 0 Å². The lowest BCUT2D eigenvalue weighted by molar-refractivity contribution is 0.0920. The Labute approximate surface area is 146 Å². The predicted octanol–water partition coefficient (Wildman–Crippen LogP) is 2.08. The highest BCUT2D eigenvalue weighted by Gasteiger charge is 2.25. The molecule has 0 aliphatic carbocycles. The number of nitrogens with zero attached hydrogens (tertiary/aromatic N) is 2. The van der Waals surface area contributed by atoms with Gasteiger partial charge in [0.2, 0.25) is 0 Å². The van der Waals surface area contributed by atoms with Gasteiger partial charge in [0.1, 0.15) is 12.4 Å². The number of rotatable bonds is 5. The maximum Gasteiger partial charge on any atom is 0.122 e. The lowest BCUT2D eigenvalue weighted by Crippen LogP contribution is -2.51. The molecule has 1 aromatic rings. The van der Waals surface area contributed by atoms with Gasteiger partial charge in [-0.05, 0) is 44.0 Å². The quantitative estimate of drug-likeness (QED) is 0.889. The van der Waals surface area contributed by atoms with E-state index in [1.807, 2.05) is 0 Å². The topological polar surface area (TPSA) is 27.7 Å². The van der Waals surface area contributed by atoms with Crippen LogP contribution in [0.25, 0.3) is 0 Å². The van der Waals surface area contributed by atoms with Crippen LogP contribution in [0, 0.1) is 13.8 Å². The number of hydrogen-bond acceptors (Lipinski definition) is 4. The summed E-state index contributed by atoms with van der Waals surface area (Å²) >= 11 is 0. The van der Waals surface area contributed by atoms with Crippen LogP contribution in [0.15, 0.2) is 18.2 Å². The lowest BCUT2D eigenvalue weighted by Gasteiger charge is -2.37. The van der Waals surface area contributed by atoms with Gasteiger partial charge in [0.25, 0.3) is 0 Å². The number of hydrogen-bond donors (Lipinski definition) is 1. The van der Waals surface area contributed by atoms with E-state index in [2.05, 4.69) is 47.2 Å². The van der Waals surface area contributed by atoms with Crippen LogP contribution >= 0.6 is 12.4 Å². The standard InChI is InChI=1S/C18H29N3O.ClH/c1-15-3-4-16(2)18(13-15)22-12-11-20-7-9-21(10-8-20)17-5-6-19-14-17;/h3-4,13,17,19H,5-12,14H2,1-2H3;1H. The summed E-state index contributed by atoms with van der Waals surface area (Å²) in [5, 5.41) is 3.47. The van der Waals surface area contributed by atoms with Gasteiger partial charge in [0, 0.05) is 45.3 Å². The van der Waals surface area contributed by atoms with Crippen LogP contribution in [0.4, 0.5) is 0 Å². The first-order valence-electron chi connectivity index (χ1n) is 8.59. The molecule has 0 bridgehead atoms. The van der Waals surface area contributed by atoms with E-state index in [9.17, 15) is 0 Å². The minimum Gasteiger partial charge on any atom is -0.492 e. The fourth-order valence-electron chi connectivity index (χ4n) is 3.45. The molecule has 1 aromatic carbocycles. The van der Waals surface area contributed by atoms with Gasteiger partial charge >= 0.3 is 0 Å². The van der Waals surface area contributed by atoms with Crippen LogP contribution in [0.5, 0.6) is 5.75 Å². The molecule has 2 aliphatic rings. The largest absolute Gasteiger partial charge is 0.492 e. The molecule has 3 rings (SSSR count). The highest BCUT2D eigenvalue weighted by molar-refractivity contribution is 5.85. The number of ether oxygens (including phenoxy) is 1. The van der Waals surface area contributed by atoms with Crippen molar-refractivity contribution in [3.8, 4) is 5.75 Å². The number of halogens is 1. The van der Waals surface area contributed by atoms with E-state index >= 15 is 0 Å². The highest BCUT2D eigenvalue weighted by atomic mass is 35.5. The Hall–Kier alpha value is -0.810. The van der Waals surface area contributed by atoms with E-state index in [1.54, 1.807) is 0 Å². The normalized spacial score (nSPS) is 22.8. The molecule has 23 heavy (non-hydrogen) atoms. The molecule has 4 nitrogen and oxygen atoms in total. The van der Waals surface area contributed by atoms with E-state index in [1.165, 1.54) is 56.8 Å². The molecule has 2 heterocycles. The van der Waals surface area contributed by atoms with Crippen molar-refractivity contribution >= 4 is 12.4 Å². The Kier molecular flexibility index (Phi) is 7.15. The van der Waals surface area contributed by atoms with E-state index in [-0.39, 0.29) is 12.4 Å². The molecule has 2 fully saturated rings. The van der Waals surface area contributed by atoms with Crippen molar-refractivity contribution in [1.82, 2.24) is 15.1 Å². The summed E-state index contributed by atoms with van der Waals surface area (Å²) in [5.74, 6) is 1.04. The van der Waals surface area contributed by atoms with Crippen LogP contribution in [-0.2, 0) is 0 Å². The molecule has 0 aromatic heterocycles. The molecule has 1 atom stereocenters. The van der Waals surface area contributed by atoms with E-state index in [4.69, 9.17) is 4.74 Å². The fraction of sp³-hybridized carbons (Fsp3) is 0.667. The van der Waals surface area contributed by atoms with Crippen LogP contribution < -0.4 is 10.1 Å². The summed E-state index contributed by atoms with van der Waals surface area (Å²) in [6.07, 6.45) is 1.32. The van der Waals surface area contributed by atoms with Crippen molar-refractivity contribution in [2.24, 2.45) is 0 Å². The molecule has 0 spiro atoms. The first kappa shape index (κ1) is 18.5. The molecule has 2 saturated heterocycles. The second-order valence-electron chi connectivity index (χ2n) is 6.64. The number of aryl methyl sites for hydroxylation is 2. The van der Waals surface area contributed by atoms with Gasteiger partial charge in [0.05, 0.1) is 0 Å². The number of benzene rings is 1. The average Bonchev–Trinajstić information content (AvgIpc) is 3.06. The van der Waals surface area contributed by atoms with Crippen LogP contribution in [0.3, 0.4) is 0 Å². The summed E-state index contributed by atoms with van der Waals surface area (Å²) in [5.41, 5.74) is 2.49. The molecule has 0 radical (unpaired) electrons. The summed E-state index contributed by atoms with van der Waals surface area (Å²) in [6, 6.07) is 7.19. The van der Waals surface area contributed by atoms with Gasteiger partial charge in [-0.25, -0.2) is 0 Å². The zero-order chi connectivity index (χ0) is 15.4. The van der Waals surface area contributed by atoms with Gasteiger partial charge in [-0.2, -0.15) is 0 Å². The Morgan fingerprint density at radius 1 is 1.17 bits per heavy atom. The van der Waals surface area contributed by atoms with Crippen molar-refractivity contribution in [3.63, 3.8) is 0 Å². The molecule has 130 valence electrons. The first-order chi connectivity index (χ1) is 10.7. The minimum atomic E-state index is 0. The number of nitrogens with one attached hydrogen (secondary N) is 1. The average molecular weight is 340 g/mol. The third kappa shape index (κ3) is 5.08. The third-order valence-corrected chi connectivity index (χ3v) is 4.97. The third-order valence-electron chi connectivity index (χ3n) is 4.97. The summed E-state index contributed by atoms with van der Waals surface area (Å²) < 4.78 is 5.98. The number of piperazine rings is 1. The van der Waals surface area contributed by atoms with Crippen molar-refractivity contribution < 1.29 is 4.74 Å². The van der Waals surface area contributed by atoms with Gasteiger partial charge < -0.3 is 10.1 Å². The van der Waals surface area contributed by atoms with Gasteiger partial charge in [0.15, 0.2) is 0 Å². The first-order valence-corrected chi connectivity index (χ1v) is 8.59. The Bertz CT molecular complexity index is 483. The zero-order valence-electron chi connectivity index (χ0n) is 14.4. The Morgan fingerprint density at radius 3 is 2.65 bits per heavy atom. The molecule has 0 saturated carbocycles. The fourth-order valence-corrected chi connectivity index (χ4v) is 3.45. The van der Waals surface area contributed by atoms with Crippen LogP contribution in [0.1, 0.15) is 17.5 Å². The van der Waals surface area contributed by atoms with Gasteiger partial charge in [-0.3, -0.25) is 9.80 Å². The van der Waals surface area contributed by atoms with Crippen molar-refractivity contribution in [1.29, 1.82) is 0 Å². The molecule has 1 unspecified atom stereocenters. The molecule has 1 N–H and O–H groups in total. The van der Waals surface area contributed by atoms with Crippen LogP contribution in [0.2, 0.25) is 0 Å². The maximum atomic E-state index is 5.98. The molecule has 2 aliphatic heterocycles. The molecule has 0 amide bonds. The van der Waals surface area contributed by atoms with E-state index < -0.39 is 0 Å². The molecular weight excluding hydrogens is 310 g/mol. The predicted molar refractivity (Wildman–Crippen MR) is 97.9 cm³/mol. The lowest BCUT2D eigenvalue weighted by atomic mass is 10.1. The smallest absolute Gasteiger partial charge is 0.122 e. The highest BCUT2D eigenvalue weighted by Crippen LogP contribution is 2.19. The second-order valence-corrected chi connectivity index (χ2v) is 6.64. The van der Waals surface area contributed by atoms with E-state index in [0.717, 1.165) is 24.9 Å². The second kappa shape index (κ2) is 8.88. The molecular formula is C18H30ClN3O. The zero-order valence-corrected chi connectivity index (χ0v) is 15.2. The summed E-state index contributed by atoms with van der Waals surface area (Å²) in [6.45, 7) is 13.2. The summed E-state index contributed by atoms with van der Waals surface area (Å²) in [7, 11) is 0. The Morgan fingerprint density at radius 2 is 1.96 bits per heavy atom. The summed E-state index contributed by atoms with van der Waals surface area (Å²) in [4.78, 5) is 5.19. The van der Waals surface area contributed by atoms with Gasteiger partial charge in [-0.15, -0.1) is 12.4 Å². The van der Waals surface area contributed by atoms with Crippen molar-refractivity contribution in [3.05, 3.63) is 29.3 Å². The Balaban J connectivity index is 0.00000192. The minimum absolute atomic E-state index is 0. The maximum absolute atomic E-state index is 5.98. The molecule has 5 heteroatoms. The van der Waals surface area contributed by atoms with Crippen molar-refractivity contribution in [2.75, 3.05) is 52.4 Å². The van der Waals surface area contributed by atoms with Crippen molar-refractivity contribution in [2.45, 2.75) is 26.3 Å². The monoisotopic (exact) mass is 339 g/mol.